The van der Waals surface area contributed by atoms with E-state index in [0.29, 0.717) is 11.3 Å². The number of benzene rings is 1. The highest BCUT2D eigenvalue weighted by Gasteiger charge is 2.27. The number of nitrogens with zero attached hydrogens (tertiary/aromatic N) is 3. The highest BCUT2D eigenvalue weighted by atomic mass is 16.3. The fourth-order valence-corrected chi connectivity index (χ4v) is 3.30. The first-order valence-corrected chi connectivity index (χ1v) is 8.06. The molecule has 2 heterocycles. The summed E-state index contributed by atoms with van der Waals surface area (Å²) in [4.78, 5) is 0. The molecule has 0 saturated heterocycles. The molecule has 0 amide bonds. The summed E-state index contributed by atoms with van der Waals surface area (Å²) < 4.78 is 1.59. The summed E-state index contributed by atoms with van der Waals surface area (Å²) in [5, 5.41) is 27.8. The van der Waals surface area contributed by atoms with Crippen LogP contribution >= 0.6 is 0 Å². The molecule has 0 unspecified atom stereocenters. The number of aryl methyl sites for hydroxylation is 2. The maximum Gasteiger partial charge on any atom is 0.159 e. The van der Waals surface area contributed by atoms with Gasteiger partial charge in [-0.05, 0) is 42.0 Å². The van der Waals surface area contributed by atoms with Gasteiger partial charge in [0.15, 0.2) is 5.76 Å². The summed E-state index contributed by atoms with van der Waals surface area (Å²) >= 11 is 0. The molecular weight excluding hydrogens is 300 g/mol. The molecule has 1 aromatic heterocycles. The van der Waals surface area contributed by atoms with Gasteiger partial charge in [0.05, 0.1) is 5.69 Å². The number of aromatic nitrogens is 2. The van der Waals surface area contributed by atoms with Crippen LogP contribution in [0.4, 0.5) is 5.69 Å². The molecule has 0 spiro atoms. The number of rotatable bonds is 2. The van der Waals surface area contributed by atoms with Crippen molar-refractivity contribution in [2.45, 2.75) is 32.6 Å². The Kier molecular flexibility index (Phi) is 3.84. The van der Waals surface area contributed by atoms with E-state index in [2.05, 4.69) is 36.4 Å². The van der Waals surface area contributed by atoms with Crippen LogP contribution < -0.4 is 5.32 Å². The standard InChI is InChI=1S/C19H22N4O/c1-12-9-17(23(4)22-12)18(24)14(11-20)13-5-6-15-16(10-13)21-8-7-19(15,2)3/h5-6,9-10,21,24H,7-8H2,1-4H3. The second-order valence-electron chi connectivity index (χ2n) is 6.95. The van der Waals surface area contributed by atoms with Crippen molar-refractivity contribution >= 4 is 17.0 Å². The molecule has 2 aromatic rings. The zero-order valence-corrected chi connectivity index (χ0v) is 14.5. The summed E-state index contributed by atoms with van der Waals surface area (Å²) in [7, 11) is 1.75. The fraction of sp³-hybridized carbons (Fsp3) is 0.368. The van der Waals surface area contributed by atoms with Crippen LogP contribution in [0.1, 0.15) is 42.8 Å². The largest absolute Gasteiger partial charge is 0.504 e. The van der Waals surface area contributed by atoms with E-state index in [1.54, 1.807) is 17.8 Å². The number of nitriles is 1. The van der Waals surface area contributed by atoms with Gasteiger partial charge in [0.2, 0.25) is 0 Å². The smallest absolute Gasteiger partial charge is 0.159 e. The summed E-state index contributed by atoms with van der Waals surface area (Å²) in [5.41, 5.74) is 4.68. The van der Waals surface area contributed by atoms with Gasteiger partial charge in [0.1, 0.15) is 17.3 Å². The molecule has 0 fully saturated rings. The Bertz CT molecular complexity index is 868. The first-order valence-electron chi connectivity index (χ1n) is 8.06. The number of anilines is 1. The summed E-state index contributed by atoms with van der Waals surface area (Å²) in [6.07, 6.45) is 1.07. The number of hydrogen-bond donors (Lipinski definition) is 2. The molecular formula is C19H22N4O. The van der Waals surface area contributed by atoms with Gasteiger partial charge in [0, 0.05) is 19.3 Å². The lowest BCUT2D eigenvalue weighted by Gasteiger charge is -2.33. The van der Waals surface area contributed by atoms with Gasteiger partial charge in [-0.25, -0.2) is 0 Å². The van der Waals surface area contributed by atoms with Crippen molar-refractivity contribution in [2.75, 3.05) is 11.9 Å². The molecule has 1 aliphatic heterocycles. The monoisotopic (exact) mass is 322 g/mol. The summed E-state index contributed by atoms with van der Waals surface area (Å²) in [5.74, 6) is -0.0457. The van der Waals surface area contributed by atoms with Crippen molar-refractivity contribution < 1.29 is 5.11 Å². The van der Waals surface area contributed by atoms with E-state index >= 15 is 0 Å². The maximum absolute atomic E-state index is 10.6. The zero-order chi connectivity index (χ0) is 17.5. The Morgan fingerprint density at radius 3 is 2.75 bits per heavy atom. The van der Waals surface area contributed by atoms with Crippen LogP contribution in [-0.2, 0) is 12.5 Å². The Balaban J connectivity index is 2.11. The lowest BCUT2D eigenvalue weighted by Crippen LogP contribution is -2.28. The van der Waals surface area contributed by atoms with Gasteiger partial charge in [0.25, 0.3) is 0 Å². The van der Waals surface area contributed by atoms with Gasteiger partial charge >= 0.3 is 0 Å². The Morgan fingerprint density at radius 1 is 1.38 bits per heavy atom. The zero-order valence-electron chi connectivity index (χ0n) is 14.5. The lowest BCUT2D eigenvalue weighted by molar-refractivity contribution is 0.482. The molecule has 1 aliphatic rings. The average Bonchev–Trinajstić information content (AvgIpc) is 2.86. The fourth-order valence-electron chi connectivity index (χ4n) is 3.30. The van der Waals surface area contributed by atoms with E-state index in [1.807, 2.05) is 19.1 Å². The van der Waals surface area contributed by atoms with E-state index in [4.69, 9.17) is 0 Å². The molecule has 0 saturated carbocycles. The molecule has 0 bridgehead atoms. The predicted octanol–water partition coefficient (Wildman–Crippen LogP) is 3.77. The van der Waals surface area contributed by atoms with E-state index in [9.17, 15) is 10.4 Å². The third kappa shape index (κ3) is 2.65. The van der Waals surface area contributed by atoms with Crippen molar-refractivity contribution in [3.05, 3.63) is 46.8 Å². The Morgan fingerprint density at radius 2 is 2.12 bits per heavy atom. The van der Waals surface area contributed by atoms with E-state index < -0.39 is 0 Å². The maximum atomic E-state index is 10.6. The molecule has 5 nitrogen and oxygen atoms in total. The predicted molar refractivity (Wildman–Crippen MR) is 95.6 cm³/mol. The molecule has 0 radical (unpaired) electrons. The van der Waals surface area contributed by atoms with Crippen LogP contribution in [-0.4, -0.2) is 21.4 Å². The van der Waals surface area contributed by atoms with E-state index in [-0.39, 0.29) is 16.7 Å². The minimum absolute atomic E-state index is 0.0457. The number of aliphatic hydroxyl groups excluding tert-OH is 1. The van der Waals surface area contributed by atoms with Gasteiger partial charge in [-0.15, -0.1) is 0 Å². The average molecular weight is 322 g/mol. The molecule has 24 heavy (non-hydrogen) atoms. The summed E-state index contributed by atoms with van der Waals surface area (Å²) in [6.45, 7) is 7.21. The highest BCUT2D eigenvalue weighted by Crippen LogP contribution is 2.38. The van der Waals surface area contributed by atoms with E-state index in [1.165, 1.54) is 5.56 Å². The van der Waals surface area contributed by atoms with Crippen molar-refractivity contribution in [1.82, 2.24) is 9.78 Å². The van der Waals surface area contributed by atoms with Gasteiger partial charge in [-0.3, -0.25) is 4.68 Å². The molecule has 2 N–H and O–H groups in total. The van der Waals surface area contributed by atoms with Gasteiger partial charge < -0.3 is 10.4 Å². The lowest BCUT2D eigenvalue weighted by atomic mass is 9.78. The number of fused-ring (bicyclic) bond motifs is 1. The molecule has 1 aromatic carbocycles. The molecule has 3 rings (SSSR count). The molecule has 124 valence electrons. The Hall–Kier alpha value is -2.74. The first-order chi connectivity index (χ1) is 11.3. The van der Waals surface area contributed by atoms with Crippen molar-refractivity contribution in [3.63, 3.8) is 0 Å². The number of hydrogen-bond acceptors (Lipinski definition) is 4. The quantitative estimate of drug-likeness (QED) is 0.652. The topological polar surface area (TPSA) is 73.9 Å². The minimum Gasteiger partial charge on any atom is -0.504 e. The van der Waals surface area contributed by atoms with Crippen LogP contribution in [0.2, 0.25) is 0 Å². The van der Waals surface area contributed by atoms with Crippen LogP contribution in [0, 0.1) is 18.3 Å². The first kappa shape index (κ1) is 16.1. The van der Waals surface area contributed by atoms with Crippen LogP contribution in [0.5, 0.6) is 0 Å². The minimum atomic E-state index is -0.0457. The third-order valence-corrected chi connectivity index (χ3v) is 4.70. The van der Waals surface area contributed by atoms with Crippen molar-refractivity contribution in [1.29, 1.82) is 5.26 Å². The molecule has 5 heteroatoms. The van der Waals surface area contributed by atoms with Crippen molar-refractivity contribution in [3.8, 4) is 6.07 Å². The highest BCUT2D eigenvalue weighted by molar-refractivity contribution is 5.94. The second kappa shape index (κ2) is 5.72. The Labute approximate surface area is 142 Å². The van der Waals surface area contributed by atoms with Crippen molar-refractivity contribution in [2.24, 2.45) is 7.05 Å². The van der Waals surface area contributed by atoms with Crippen LogP contribution in [0.25, 0.3) is 11.3 Å². The van der Waals surface area contributed by atoms with Gasteiger partial charge in [-0.1, -0.05) is 26.0 Å². The SMILES string of the molecule is Cc1cc(C(O)=C(C#N)c2ccc3c(c2)NCCC3(C)C)n(C)n1. The third-order valence-electron chi connectivity index (χ3n) is 4.70. The number of allylic oxidation sites excluding steroid dienone is 1. The number of nitrogens with one attached hydrogen (secondary N) is 1. The number of aliphatic hydroxyl groups is 1. The molecule has 0 atom stereocenters. The summed E-state index contributed by atoms with van der Waals surface area (Å²) in [6, 6.07) is 9.82. The van der Waals surface area contributed by atoms with Crippen LogP contribution in [0.3, 0.4) is 0 Å². The van der Waals surface area contributed by atoms with Crippen LogP contribution in [0.15, 0.2) is 24.3 Å². The normalized spacial score (nSPS) is 16.6. The van der Waals surface area contributed by atoms with Gasteiger partial charge in [-0.2, -0.15) is 10.4 Å². The second-order valence-corrected chi connectivity index (χ2v) is 6.95. The van der Waals surface area contributed by atoms with E-state index in [0.717, 1.165) is 24.3 Å². The molecule has 0 aliphatic carbocycles.